The molecule has 0 fully saturated rings. The van der Waals surface area contributed by atoms with Crippen LogP contribution in [0.5, 0.6) is 0 Å². The van der Waals surface area contributed by atoms with E-state index in [0.29, 0.717) is 0 Å². The van der Waals surface area contributed by atoms with E-state index in [0.717, 1.165) is 173 Å². The quantitative estimate of drug-likeness (QED) is 0.0348. The van der Waals surface area contributed by atoms with Crippen LogP contribution < -0.4 is 0 Å². The normalized spacial score (nSPS) is 12.9. The molecule has 0 aliphatic carbocycles. The fourth-order valence-corrected chi connectivity index (χ4v) is 11.5. The zero-order chi connectivity index (χ0) is 52.9. The second-order valence-corrected chi connectivity index (χ2v) is 22.4. The number of hydrogen-bond acceptors (Lipinski definition) is 4. The summed E-state index contributed by atoms with van der Waals surface area (Å²) in [6, 6.07) is 0. The van der Waals surface area contributed by atoms with Crippen LogP contribution in [0.25, 0.3) is 0 Å². The van der Waals surface area contributed by atoms with Crippen LogP contribution in [0.3, 0.4) is 0 Å². The highest BCUT2D eigenvalue weighted by Crippen LogP contribution is 2.57. The first-order valence-electron chi connectivity index (χ1n) is 31.3. The Bertz CT molecular complexity index is 1230. The van der Waals surface area contributed by atoms with Crippen LogP contribution in [-0.2, 0) is 19.2 Å². The van der Waals surface area contributed by atoms with Gasteiger partial charge in [0.25, 0.3) is 0 Å². The Balaban J connectivity index is 5.85. The summed E-state index contributed by atoms with van der Waals surface area (Å²) in [5.74, 6) is -2.60. The smallest absolute Gasteiger partial charge is 0.310 e. The highest BCUT2D eigenvalue weighted by Gasteiger charge is 2.54. The Morgan fingerprint density at radius 1 is 0.278 bits per heavy atom. The first-order valence-corrected chi connectivity index (χ1v) is 31.3. The van der Waals surface area contributed by atoms with Gasteiger partial charge in [-0.2, -0.15) is 0 Å². The predicted octanol–water partition coefficient (Wildman–Crippen LogP) is 20.7. The van der Waals surface area contributed by atoms with Gasteiger partial charge in [-0.25, -0.2) is 0 Å². The molecule has 0 unspecified atom stereocenters. The van der Waals surface area contributed by atoms with E-state index >= 15 is 0 Å². The fourth-order valence-electron chi connectivity index (χ4n) is 11.5. The van der Waals surface area contributed by atoms with E-state index in [1.165, 1.54) is 141 Å². The average molecular weight is 1020 g/mol. The van der Waals surface area contributed by atoms with Crippen molar-refractivity contribution in [2.45, 2.75) is 348 Å². The lowest BCUT2D eigenvalue weighted by atomic mass is 9.53. The van der Waals surface area contributed by atoms with Crippen molar-refractivity contribution in [3.05, 3.63) is 24.3 Å². The Morgan fingerprint density at radius 3 is 0.722 bits per heavy atom. The highest BCUT2D eigenvalue weighted by atomic mass is 16.4. The van der Waals surface area contributed by atoms with Crippen LogP contribution in [0.2, 0.25) is 0 Å². The summed E-state index contributed by atoms with van der Waals surface area (Å²) >= 11 is 0. The van der Waals surface area contributed by atoms with Crippen LogP contribution in [0.4, 0.5) is 0 Å². The molecule has 0 aromatic rings. The number of carboxylic acids is 4. The molecule has 0 atom stereocenters. The molecule has 422 valence electrons. The Kier molecular flexibility index (Phi) is 49.9. The van der Waals surface area contributed by atoms with Crippen molar-refractivity contribution in [1.29, 1.82) is 0 Å². The molecule has 8 nitrogen and oxygen atoms in total. The summed E-state index contributed by atoms with van der Waals surface area (Å²) in [6.45, 7) is 4.55. The van der Waals surface area contributed by atoms with Gasteiger partial charge in [-0.1, -0.05) is 250 Å². The van der Waals surface area contributed by atoms with Crippen molar-refractivity contribution in [3.63, 3.8) is 0 Å². The Hall–Kier alpha value is -2.64. The molecule has 0 aliphatic heterocycles. The largest absolute Gasteiger partial charge is 0.481 e. The van der Waals surface area contributed by atoms with Gasteiger partial charge in [0.2, 0.25) is 0 Å². The van der Waals surface area contributed by atoms with Crippen molar-refractivity contribution in [1.82, 2.24) is 0 Å². The minimum absolute atomic E-state index is 0.197. The van der Waals surface area contributed by atoms with Crippen LogP contribution in [0.1, 0.15) is 348 Å². The van der Waals surface area contributed by atoms with Gasteiger partial charge in [0.1, 0.15) is 0 Å². The molecule has 72 heavy (non-hydrogen) atoms. The third-order valence-electron chi connectivity index (χ3n) is 16.0. The van der Waals surface area contributed by atoms with Crippen molar-refractivity contribution in [3.8, 4) is 0 Å². The average Bonchev–Trinajstić information content (AvgIpc) is 3.35. The summed E-state index contributed by atoms with van der Waals surface area (Å²) in [6.07, 6.45) is 64.6. The van der Waals surface area contributed by atoms with Gasteiger partial charge < -0.3 is 20.4 Å². The second kappa shape index (κ2) is 51.8. The maximum atomic E-state index is 14.4. The Labute approximate surface area is 444 Å². The van der Waals surface area contributed by atoms with Crippen LogP contribution in [0, 0.1) is 10.8 Å². The lowest BCUT2D eigenvalue weighted by molar-refractivity contribution is -0.164. The number of hydrogen-bond donors (Lipinski definition) is 4. The van der Waals surface area contributed by atoms with E-state index in [1.54, 1.807) is 0 Å². The second-order valence-electron chi connectivity index (χ2n) is 22.4. The van der Waals surface area contributed by atoms with Gasteiger partial charge >= 0.3 is 23.9 Å². The number of aliphatic carboxylic acids is 4. The molecule has 8 heteroatoms. The standard InChI is InChI=1S/C64H118O8/c1-3-5-7-9-38-46-54-63(55-47-39-10-8-6-4-2,56-48-40-34-31-37-45-53-61(69)70)64(62(71)72,57-49-41-32-27-23-19-15-11-13-17-21-25-29-35-43-51-59(65)66)58-50-42-33-28-24-20-16-12-14-18-22-26-30-36-44-52-60(67)68/h11-14H,3-10,15-58H2,1-2H3,(H,65,66)(H,67,68)(H,69,70)(H,71,72). The van der Waals surface area contributed by atoms with Crippen molar-refractivity contribution in [2.24, 2.45) is 10.8 Å². The summed E-state index contributed by atoms with van der Waals surface area (Å²) in [5, 5.41) is 38.6. The first kappa shape index (κ1) is 69.4. The molecular formula is C64H118O8. The van der Waals surface area contributed by atoms with Gasteiger partial charge in [-0.05, 0) is 108 Å². The first-order chi connectivity index (χ1) is 35.1. The summed E-state index contributed by atoms with van der Waals surface area (Å²) in [7, 11) is 0. The molecule has 0 aliphatic rings. The molecular weight excluding hydrogens is 897 g/mol. The molecule has 0 saturated heterocycles. The zero-order valence-corrected chi connectivity index (χ0v) is 47.5. The molecule has 0 aromatic heterocycles. The summed E-state index contributed by atoms with van der Waals surface area (Å²) < 4.78 is 0. The maximum absolute atomic E-state index is 14.4. The SMILES string of the molecule is CCCCCCCCC(CCCCCCCC)(CCCCCCCCC(=O)O)C(CCCCCCCCC=CCCCCCCCC(=O)O)(CCCCCCCCC=CCCCCCCCC(=O)O)C(=O)O. The van der Waals surface area contributed by atoms with Gasteiger partial charge in [0.15, 0.2) is 0 Å². The van der Waals surface area contributed by atoms with Crippen LogP contribution in [-0.4, -0.2) is 44.3 Å². The lowest BCUT2D eigenvalue weighted by Gasteiger charge is -2.50. The summed E-state index contributed by atoms with van der Waals surface area (Å²) in [5.41, 5.74) is -0.898. The minimum Gasteiger partial charge on any atom is -0.481 e. The van der Waals surface area contributed by atoms with Gasteiger partial charge in [-0.3, -0.25) is 19.2 Å². The molecule has 0 radical (unpaired) electrons. The van der Waals surface area contributed by atoms with E-state index < -0.39 is 29.3 Å². The molecule has 0 aromatic carbocycles. The third kappa shape index (κ3) is 41.7. The molecule has 0 rings (SSSR count). The van der Waals surface area contributed by atoms with Gasteiger partial charge in [-0.15, -0.1) is 0 Å². The lowest BCUT2D eigenvalue weighted by Crippen LogP contribution is -2.48. The number of unbranched alkanes of at least 4 members (excludes halogenated alkanes) is 37. The van der Waals surface area contributed by atoms with Crippen molar-refractivity contribution >= 4 is 23.9 Å². The topological polar surface area (TPSA) is 149 Å². The van der Waals surface area contributed by atoms with Crippen molar-refractivity contribution in [2.75, 3.05) is 0 Å². The summed E-state index contributed by atoms with van der Waals surface area (Å²) in [4.78, 5) is 46.9. The van der Waals surface area contributed by atoms with Gasteiger partial charge in [0, 0.05) is 19.3 Å². The van der Waals surface area contributed by atoms with Crippen LogP contribution in [0.15, 0.2) is 24.3 Å². The number of carboxylic acid groups (broad SMARTS) is 4. The van der Waals surface area contributed by atoms with E-state index in [4.69, 9.17) is 15.3 Å². The van der Waals surface area contributed by atoms with E-state index in [9.17, 15) is 24.3 Å². The molecule has 0 heterocycles. The maximum Gasteiger partial charge on any atom is 0.310 e. The van der Waals surface area contributed by atoms with E-state index in [1.807, 2.05) is 0 Å². The van der Waals surface area contributed by atoms with Crippen LogP contribution >= 0.6 is 0 Å². The monoisotopic (exact) mass is 1010 g/mol. The molecule has 0 saturated carbocycles. The number of rotatable bonds is 59. The fraction of sp³-hybridized carbons (Fsp3) is 0.875. The Morgan fingerprint density at radius 2 is 0.486 bits per heavy atom. The molecule has 0 spiro atoms. The third-order valence-corrected chi connectivity index (χ3v) is 16.0. The molecule has 0 bridgehead atoms. The van der Waals surface area contributed by atoms with Gasteiger partial charge in [0.05, 0.1) is 5.41 Å². The van der Waals surface area contributed by atoms with Crippen molar-refractivity contribution < 1.29 is 39.6 Å². The molecule has 4 N–H and O–H groups in total. The zero-order valence-electron chi connectivity index (χ0n) is 47.5. The minimum atomic E-state index is -0.708. The molecule has 0 amide bonds. The number of allylic oxidation sites excluding steroid dienone is 4. The highest BCUT2D eigenvalue weighted by molar-refractivity contribution is 5.76. The predicted molar refractivity (Wildman–Crippen MR) is 305 cm³/mol. The van der Waals surface area contributed by atoms with E-state index in [2.05, 4.69) is 38.2 Å². The number of carbonyl (C=O) groups is 4. The van der Waals surface area contributed by atoms with E-state index in [-0.39, 0.29) is 24.7 Å².